The van der Waals surface area contributed by atoms with E-state index in [4.69, 9.17) is 0 Å². The molecule has 0 amide bonds. The van der Waals surface area contributed by atoms with E-state index >= 15 is 0 Å². The molecule has 0 saturated heterocycles. The van der Waals surface area contributed by atoms with E-state index in [1.165, 1.54) is 12.1 Å². The summed E-state index contributed by atoms with van der Waals surface area (Å²) in [6, 6.07) is 11.5. The highest BCUT2D eigenvalue weighted by molar-refractivity contribution is 9.10. The van der Waals surface area contributed by atoms with Gasteiger partial charge in [-0.25, -0.2) is 8.78 Å². The molecule has 0 aliphatic heterocycles. The monoisotopic (exact) mass is 353 g/mol. The van der Waals surface area contributed by atoms with Crippen LogP contribution in [0.1, 0.15) is 30.5 Å². The fourth-order valence-electron chi connectivity index (χ4n) is 2.28. The van der Waals surface area contributed by atoms with Gasteiger partial charge in [0.15, 0.2) is 0 Å². The van der Waals surface area contributed by atoms with E-state index < -0.39 is 0 Å². The van der Waals surface area contributed by atoms with Gasteiger partial charge < -0.3 is 5.32 Å². The lowest BCUT2D eigenvalue weighted by Crippen LogP contribution is -2.25. The predicted octanol–water partition coefficient (Wildman–Crippen LogP) is 5.01. The standard InChI is InChI=1S/C17H18BrF2N/c1-2-10-21-16(11-12-6-3-4-8-14(12)19)13-7-5-9-15(20)17(13)18/h3-9,16,21H,2,10-11H2,1H3. The average Bonchev–Trinajstić information content (AvgIpc) is 2.48. The molecule has 2 rings (SSSR count). The molecule has 112 valence electrons. The van der Waals surface area contributed by atoms with Crippen LogP contribution in [0.5, 0.6) is 0 Å². The summed E-state index contributed by atoms with van der Waals surface area (Å²) in [5.74, 6) is -0.530. The van der Waals surface area contributed by atoms with Crippen molar-refractivity contribution >= 4 is 15.9 Å². The minimum Gasteiger partial charge on any atom is -0.310 e. The minimum absolute atomic E-state index is 0.132. The molecule has 1 atom stereocenters. The van der Waals surface area contributed by atoms with E-state index in [2.05, 4.69) is 28.2 Å². The molecule has 0 radical (unpaired) electrons. The van der Waals surface area contributed by atoms with Crippen LogP contribution >= 0.6 is 15.9 Å². The van der Waals surface area contributed by atoms with Crippen LogP contribution in [0.4, 0.5) is 8.78 Å². The third-order valence-electron chi connectivity index (χ3n) is 3.38. The molecule has 2 aromatic carbocycles. The van der Waals surface area contributed by atoms with Gasteiger partial charge in [0.1, 0.15) is 11.6 Å². The molecular formula is C17H18BrF2N. The molecule has 0 aliphatic rings. The molecule has 0 saturated carbocycles. The number of nitrogens with one attached hydrogen (secondary N) is 1. The van der Waals surface area contributed by atoms with Gasteiger partial charge in [0, 0.05) is 6.04 Å². The summed E-state index contributed by atoms with van der Waals surface area (Å²) in [5, 5.41) is 3.37. The zero-order chi connectivity index (χ0) is 15.2. The minimum atomic E-state index is -0.302. The van der Waals surface area contributed by atoms with E-state index in [0.717, 1.165) is 18.5 Å². The van der Waals surface area contributed by atoms with Crippen molar-refractivity contribution in [2.45, 2.75) is 25.8 Å². The largest absolute Gasteiger partial charge is 0.310 e. The molecule has 0 bridgehead atoms. The van der Waals surface area contributed by atoms with Crippen LogP contribution in [0.3, 0.4) is 0 Å². The Hall–Kier alpha value is -1.26. The van der Waals surface area contributed by atoms with Crippen molar-refractivity contribution < 1.29 is 8.78 Å². The third kappa shape index (κ3) is 4.11. The quantitative estimate of drug-likeness (QED) is 0.769. The summed E-state index contributed by atoms with van der Waals surface area (Å²) >= 11 is 3.30. The molecule has 0 aromatic heterocycles. The molecule has 0 aliphatic carbocycles. The Balaban J connectivity index is 2.30. The summed E-state index contributed by atoms with van der Waals surface area (Å²) in [6.07, 6.45) is 1.44. The van der Waals surface area contributed by atoms with Gasteiger partial charge in [-0.15, -0.1) is 0 Å². The molecule has 21 heavy (non-hydrogen) atoms. The Labute approximate surface area is 132 Å². The molecular weight excluding hydrogens is 336 g/mol. The lowest BCUT2D eigenvalue weighted by molar-refractivity contribution is 0.507. The SMILES string of the molecule is CCCNC(Cc1ccccc1F)c1cccc(F)c1Br. The van der Waals surface area contributed by atoms with Crippen molar-refractivity contribution in [3.63, 3.8) is 0 Å². The van der Waals surface area contributed by atoms with Gasteiger partial charge in [0.05, 0.1) is 4.47 Å². The molecule has 0 heterocycles. The molecule has 1 N–H and O–H groups in total. The molecule has 2 aromatic rings. The van der Waals surface area contributed by atoms with Gasteiger partial charge in [-0.1, -0.05) is 37.3 Å². The van der Waals surface area contributed by atoms with Crippen LogP contribution in [0.2, 0.25) is 0 Å². The second-order valence-electron chi connectivity index (χ2n) is 4.95. The van der Waals surface area contributed by atoms with Crippen LogP contribution in [0.15, 0.2) is 46.9 Å². The Kier molecular flexibility index (Phi) is 5.88. The van der Waals surface area contributed by atoms with Gasteiger partial charge >= 0.3 is 0 Å². The number of benzene rings is 2. The summed E-state index contributed by atoms with van der Waals surface area (Å²) in [6.45, 7) is 2.86. The predicted molar refractivity (Wildman–Crippen MR) is 85.2 cm³/mol. The van der Waals surface area contributed by atoms with Crippen LogP contribution in [-0.4, -0.2) is 6.54 Å². The van der Waals surface area contributed by atoms with Gasteiger partial charge in [-0.05, 0) is 58.6 Å². The van der Waals surface area contributed by atoms with Crippen molar-refractivity contribution in [3.8, 4) is 0 Å². The fraction of sp³-hybridized carbons (Fsp3) is 0.294. The van der Waals surface area contributed by atoms with E-state index in [0.29, 0.717) is 16.5 Å². The lowest BCUT2D eigenvalue weighted by Gasteiger charge is -2.21. The first-order valence-corrected chi connectivity index (χ1v) is 7.83. The van der Waals surface area contributed by atoms with Crippen molar-refractivity contribution in [2.75, 3.05) is 6.54 Å². The first kappa shape index (κ1) is 16.1. The summed E-state index contributed by atoms with van der Waals surface area (Å²) in [5.41, 5.74) is 1.44. The molecule has 0 spiro atoms. The zero-order valence-electron chi connectivity index (χ0n) is 11.9. The second kappa shape index (κ2) is 7.66. The van der Waals surface area contributed by atoms with Crippen LogP contribution < -0.4 is 5.32 Å². The van der Waals surface area contributed by atoms with Crippen molar-refractivity contribution in [1.82, 2.24) is 5.32 Å². The Morgan fingerprint density at radius 1 is 1.05 bits per heavy atom. The smallest absolute Gasteiger partial charge is 0.137 e. The maximum absolute atomic E-state index is 13.9. The van der Waals surface area contributed by atoms with Crippen molar-refractivity contribution in [1.29, 1.82) is 0 Å². The number of hydrogen-bond acceptors (Lipinski definition) is 1. The normalized spacial score (nSPS) is 12.4. The lowest BCUT2D eigenvalue weighted by atomic mass is 9.98. The number of rotatable bonds is 6. The van der Waals surface area contributed by atoms with E-state index in [9.17, 15) is 8.78 Å². The van der Waals surface area contributed by atoms with E-state index in [-0.39, 0.29) is 17.7 Å². The Morgan fingerprint density at radius 2 is 1.76 bits per heavy atom. The molecule has 0 fully saturated rings. The first-order chi connectivity index (χ1) is 10.1. The second-order valence-corrected chi connectivity index (χ2v) is 5.74. The maximum atomic E-state index is 13.9. The van der Waals surface area contributed by atoms with Gasteiger partial charge in [-0.3, -0.25) is 0 Å². The van der Waals surface area contributed by atoms with Crippen molar-refractivity contribution in [2.24, 2.45) is 0 Å². The van der Waals surface area contributed by atoms with E-state index in [1.54, 1.807) is 18.2 Å². The number of hydrogen-bond donors (Lipinski definition) is 1. The topological polar surface area (TPSA) is 12.0 Å². The fourth-order valence-corrected chi connectivity index (χ4v) is 2.82. The molecule has 1 nitrogen and oxygen atoms in total. The molecule has 1 unspecified atom stereocenters. The maximum Gasteiger partial charge on any atom is 0.137 e. The van der Waals surface area contributed by atoms with E-state index in [1.807, 2.05) is 12.1 Å². The summed E-state index contributed by atoms with van der Waals surface area (Å²) < 4.78 is 28.0. The van der Waals surface area contributed by atoms with Crippen molar-refractivity contribution in [3.05, 3.63) is 69.7 Å². The summed E-state index contributed by atoms with van der Waals surface area (Å²) in [4.78, 5) is 0. The van der Waals surface area contributed by atoms with Gasteiger partial charge in [0.25, 0.3) is 0 Å². The van der Waals surface area contributed by atoms with Crippen LogP contribution in [0, 0.1) is 11.6 Å². The highest BCUT2D eigenvalue weighted by atomic mass is 79.9. The average molecular weight is 354 g/mol. The van der Waals surface area contributed by atoms with Gasteiger partial charge in [0.2, 0.25) is 0 Å². The highest BCUT2D eigenvalue weighted by Crippen LogP contribution is 2.29. The zero-order valence-corrected chi connectivity index (χ0v) is 13.5. The van der Waals surface area contributed by atoms with Gasteiger partial charge in [-0.2, -0.15) is 0 Å². The summed E-state index contributed by atoms with van der Waals surface area (Å²) in [7, 11) is 0. The Bertz CT molecular complexity index is 601. The first-order valence-electron chi connectivity index (χ1n) is 7.04. The van der Waals surface area contributed by atoms with Crippen LogP contribution in [0.25, 0.3) is 0 Å². The number of halogens is 3. The third-order valence-corrected chi connectivity index (χ3v) is 4.22. The Morgan fingerprint density at radius 3 is 2.48 bits per heavy atom. The highest BCUT2D eigenvalue weighted by Gasteiger charge is 2.18. The van der Waals surface area contributed by atoms with Crippen LogP contribution in [-0.2, 0) is 6.42 Å². The molecule has 4 heteroatoms.